The maximum absolute atomic E-state index is 12.3. The molecule has 38 heavy (non-hydrogen) atoms. The van der Waals surface area contributed by atoms with Crippen molar-refractivity contribution in [1.29, 1.82) is 0 Å². The van der Waals surface area contributed by atoms with Gasteiger partial charge in [0, 0.05) is 37.7 Å². The molecule has 0 heterocycles. The van der Waals surface area contributed by atoms with Crippen LogP contribution in [0.15, 0.2) is 52.2 Å². The Morgan fingerprint density at radius 2 is 1.95 bits per heavy atom. The Hall–Kier alpha value is -2.22. The number of ether oxygens (including phenoxy) is 2. The summed E-state index contributed by atoms with van der Waals surface area (Å²) in [5.41, 5.74) is 6.12. The van der Waals surface area contributed by atoms with Crippen molar-refractivity contribution < 1.29 is 23.9 Å². The van der Waals surface area contributed by atoms with Crippen LogP contribution in [0.2, 0.25) is 0 Å². The summed E-state index contributed by atoms with van der Waals surface area (Å²) in [4.78, 5) is 28.8. The molecule has 4 aliphatic carbocycles. The maximum atomic E-state index is 12.3. The van der Waals surface area contributed by atoms with Gasteiger partial charge in [0.15, 0.2) is 5.78 Å². The molecule has 0 bridgehead atoms. The van der Waals surface area contributed by atoms with E-state index in [2.05, 4.69) is 24.2 Å². The number of nitrogens with zero attached hydrogens (tertiary/aromatic N) is 1. The quantitative estimate of drug-likeness (QED) is 0.215. The summed E-state index contributed by atoms with van der Waals surface area (Å²) in [5.74, 6) is 2.20. The van der Waals surface area contributed by atoms with E-state index in [4.69, 9.17) is 14.3 Å². The second-order valence-electron chi connectivity index (χ2n) is 11.3. The molecular weight excluding hydrogens is 498 g/mol. The smallest absolute Gasteiger partial charge is 0.382 e. The number of ketones is 1. The molecule has 0 unspecified atom stereocenters. The fourth-order valence-corrected chi connectivity index (χ4v) is 8.32. The number of hydrogen-bond acceptors (Lipinski definition) is 7. The standard InChI is InChI=1S/C31H39NO5S/c1-5-38-29(34)37-32-18-20-6-8-21(9-7-20)26-17-30(2)27(14-15-31(30,36-4)19-35-3)25-12-10-22-16-23(33)11-13-24(22)28(25)26/h6-9,16,18,25-27H,5,10-15,17,19H2,1-4H3/b32-18+/t25-,26+,27-,30-,31+/m1/s1. The molecule has 0 amide bonds. The number of methoxy groups -OCH3 is 2. The largest absolute Gasteiger partial charge is 0.393 e. The van der Waals surface area contributed by atoms with Crippen LogP contribution in [0.3, 0.4) is 0 Å². The Morgan fingerprint density at radius 1 is 1.16 bits per heavy atom. The average Bonchev–Trinajstić information content (AvgIpc) is 3.20. The molecule has 0 radical (unpaired) electrons. The zero-order valence-corrected chi connectivity index (χ0v) is 23.8. The first-order valence-electron chi connectivity index (χ1n) is 13.8. The molecule has 7 heteroatoms. The van der Waals surface area contributed by atoms with E-state index >= 15 is 0 Å². The molecule has 1 aromatic carbocycles. The van der Waals surface area contributed by atoms with Crippen molar-refractivity contribution in [3.63, 3.8) is 0 Å². The molecule has 0 spiro atoms. The Balaban J connectivity index is 1.52. The van der Waals surface area contributed by atoms with Gasteiger partial charge in [0.2, 0.25) is 0 Å². The minimum atomic E-state index is -0.397. The van der Waals surface area contributed by atoms with Gasteiger partial charge >= 0.3 is 5.30 Å². The second-order valence-corrected chi connectivity index (χ2v) is 12.5. The molecule has 0 aliphatic heterocycles. The van der Waals surface area contributed by atoms with Gasteiger partial charge in [-0.3, -0.25) is 4.79 Å². The maximum Gasteiger partial charge on any atom is 0.393 e. The molecule has 204 valence electrons. The lowest BCUT2D eigenvalue weighted by molar-refractivity contribution is -0.149. The molecule has 2 saturated carbocycles. The van der Waals surface area contributed by atoms with Gasteiger partial charge in [0.05, 0.1) is 18.4 Å². The zero-order chi connectivity index (χ0) is 26.9. The predicted molar refractivity (Wildman–Crippen MR) is 151 cm³/mol. The monoisotopic (exact) mass is 537 g/mol. The number of hydrogen-bond donors (Lipinski definition) is 0. The van der Waals surface area contributed by atoms with Crippen molar-refractivity contribution in [3.8, 4) is 0 Å². The second kappa shape index (κ2) is 11.1. The fourth-order valence-electron chi connectivity index (χ4n) is 7.99. The van der Waals surface area contributed by atoms with Gasteiger partial charge in [0.25, 0.3) is 0 Å². The average molecular weight is 538 g/mol. The Kier molecular flexibility index (Phi) is 7.99. The van der Waals surface area contributed by atoms with E-state index in [9.17, 15) is 9.59 Å². The third-order valence-electron chi connectivity index (χ3n) is 9.72. The molecule has 5 rings (SSSR count). The third-order valence-corrected chi connectivity index (χ3v) is 10.3. The van der Waals surface area contributed by atoms with E-state index in [1.807, 2.05) is 32.2 Å². The lowest BCUT2D eigenvalue weighted by atomic mass is 9.51. The number of fused-ring (bicyclic) bond motifs is 4. The van der Waals surface area contributed by atoms with Gasteiger partial charge in [-0.05, 0) is 90.5 Å². The number of carbonyl (C=O) groups is 2. The topological polar surface area (TPSA) is 74.2 Å². The number of carbonyl (C=O) groups excluding carboxylic acids is 2. The van der Waals surface area contributed by atoms with Gasteiger partial charge in [0.1, 0.15) is 0 Å². The Morgan fingerprint density at radius 3 is 2.66 bits per heavy atom. The van der Waals surface area contributed by atoms with Gasteiger partial charge < -0.3 is 14.3 Å². The summed E-state index contributed by atoms with van der Waals surface area (Å²) in [6.07, 6.45) is 10.2. The van der Waals surface area contributed by atoms with Crippen LogP contribution in [0.5, 0.6) is 0 Å². The molecule has 4 aliphatic rings. The van der Waals surface area contributed by atoms with Crippen molar-refractivity contribution >= 4 is 29.1 Å². The van der Waals surface area contributed by atoms with Crippen molar-refractivity contribution in [2.24, 2.45) is 22.4 Å². The minimum absolute atomic E-state index is 0.0197. The van der Waals surface area contributed by atoms with E-state index in [0.717, 1.165) is 55.9 Å². The van der Waals surface area contributed by atoms with E-state index < -0.39 is 5.30 Å². The first-order chi connectivity index (χ1) is 18.4. The van der Waals surface area contributed by atoms with Gasteiger partial charge in [-0.15, -0.1) is 0 Å². The fraction of sp³-hybridized carbons (Fsp3) is 0.581. The summed E-state index contributed by atoms with van der Waals surface area (Å²) < 4.78 is 12.1. The molecule has 5 atom stereocenters. The van der Waals surface area contributed by atoms with Crippen LogP contribution in [0.25, 0.3) is 0 Å². The van der Waals surface area contributed by atoms with E-state index in [1.54, 1.807) is 18.9 Å². The number of oxime groups is 1. The SMILES string of the molecule is CCSC(=O)O/N=C/c1ccc([C@@H]2C[C@]3(C)[C@H](CC[C@@]3(COC)OC)[C@H]3CCC4=CC(=O)CCC4=C23)cc1. The van der Waals surface area contributed by atoms with Crippen molar-refractivity contribution in [2.45, 2.75) is 70.3 Å². The predicted octanol–water partition coefficient (Wildman–Crippen LogP) is 6.84. The Bertz CT molecular complexity index is 1170. The first-order valence-corrected chi connectivity index (χ1v) is 14.8. The normalized spacial score (nSPS) is 32.6. The Labute approximate surface area is 230 Å². The summed E-state index contributed by atoms with van der Waals surface area (Å²) in [7, 11) is 3.63. The van der Waals surface area contributed by atoms with Crippen LogP contribution in [0, 0.1) is 17.3 Å². The van der Waals surface area contributed by atoms with E-state index in [0.29, 0.717) is 30.6 Å². The van der Waals surface area contributed by atoms with Crippen LogP contribution in [0.1, 0.15) is 75.8 Å². The summed E-state index contributed by atoms with van der Waals surface area (Å²) in [6.45, 7) is 4.93. The molecule has 0 N–H and O–H groups in total. The van der Waals surface area contributed by atoms with Gasteiger partial charge in [-0.25, -0.2) is 4.79 Å². The molecule has 2 fully saturated rings. The van der Waals surface area contributed by atoms with E-state index in [-0.39, 0.29) is 22.7 Å². The number of thioether (sulfide) groups is 1. The van der Waals surface area contributed by atoms with Crippen LogP contribution in [-0.4, -0.2) is 49.5 Å². The zero-order valence-electron chi connectivity index (χ0n) is 23.0. The highest BCUT2D eigenvalue weighted by molar-refractivity contribution is 8.13. The van der Waals surface area contributed by atoms with Crippen LogP contribution < -0.4 is 0 Å². The van der Waals surface area contributed by atoms with Crippen LogP contribution in [-0.2, 0) is 19.1 Å². The lowest BCUT2D eigenvalue weighted by Crippen LogP contribution is -2.54. The molecular formula is C31H39NO5S. The molecule has 1 aromatic rings. The highest BCUT2D eigenvalue weighted by Gasteiger charge is 2.63. The number of allylic oxidation sites excluding steroid dienone is 4. The van der Waals surface area contributed by atoms with Crippen LogP contribution >= 0.6 is 11.8 Å². The summed E-state index contributed by atoms with van der Waals surface area (Å²) >= 11 is 1.09. The minimum Gasteiger partial charge on any atom is -0.382 e. The number of benzene rings is 1. The van der Waals surface area contributed by atoms with Crippen molar-refractivity contribution in [1.82, 2.24) is 0 Å². The highest BCUT2D eigenvalue weighted by atomic mass is 32.2. The number of rotatable bonds is 7. The lowest BCUT2D eigenvalue weighted by Gasteiger charge is -2.55. The van der Waals surface area contributed by atoms with Gasteiger partial charge in [-0.1, -0.05) is 48.8 Å². The van der Waals surface area contributed by atoms with E-state index in [1.165, 1.54) is 16.7 Å². The first kappa shape index (κ1) is 27.4. The molecule has 6 nitrogen and oxygen atoms in total. The highest BCUT2D eigenvalue weighted by Crippen LogP contribution is 2.67. The van der Waals surface area contributed by atoms with Crippen molar-refractivity contribution in [3.05, 3.63) is 58.2 Å². The summed E-state index contributed by atoms with van der Waals surface area (Å²) in [5, 5.41) is 3.46. The summed E-state index contributed by atoms with van der Waals surface area (Å²) in [6, 6.07) is 8.47. The molecule has 0 saturated heterocycles. The van der Waals surface area contributed by atoms with Crippen LogP contribution in [0.4, 0.5) is 4.79 Å². The molecule has 0 aromatic heterocycles. The van der Waals surface area contributed by atoms with Gasteiger partial charge in [-0.2, -0.15) is 0 Å². The third kappa shape index (κ3) is 4.71. The van der Waals surface area contributed by atoms with Crippen molar-refractivity contribution in [2.75, 3.05) is 26.6 Å².